The SMILES string of the molecule is O=C(NC1CCCc2cc3c(cc21)OCCO3)c1ccc(Cl)cc1. The molecule has 0 bridgehead atoms. The van der Waals surface area contributed by atoms with Crippen LogP contribution in [0.5, 0.6) is 11.5 Å². The summed E-state index contributed by atoms with van der Waals surface area (Å²) in [5.41, 5.74) is 2.98. The van der Waals surface area contributed by atoms with Crippen LogP contribution in [0.1, 0.15) is 40.4 Å². The Morgan fingerprint density at radius 2 is 1.79 bits per heavy atom. The van der Waals surface area contributed by atoms with Gasteiger partial charge >= 0.3 is 0 Å². The summed E-state index contributed by atoms with van der Waals surface area (Å²) in [4.78, 5) is 12.5. The largest absolute Gasteiger partial charge is 0.486 e. The highest BCUT2D eigenvalue weighted by molar-refractivity contribution is 6.30. The molecule has 2 aromatic carbocycles. The van der Waals surface area contributed by atoms with Crippen molar-refractivity contribution in [1.29, 1.82) is 0 Å². The van der Waals surface area contributed by atoms with Gasteiger partial charge in [0.1, 0.15) is 13.2 Å². The Kier molecular flexibility index (Phi) is 4.07. The molecule has 0 spiro atoms. The maximum Gasteiger partial charge on any atom is 0.251 e. The molecule has 0 fully saturated rings. The highest BCUT2D eigenvalue weighted by Gasteiger charge is 2.25. The van der Waals surface area contributed by atoms with Gasteiger partial charge < -0.3 is 14.8 Å². The van der Waals surface area contributed by atoms with E-state index in [2.05, 4.69) is 11.4 Å². The maximum atomic E-state index is 12.5. The van der Waals surface area contributed by atoms with Gasteiger partial charge in [0, 0.05) is 10.6 Å². The lowest BCUT2D eigenvalue weighted by Crippen LogP contribution is -2.31. The molecule has 24 heavy (non-hydrogen) atoms. The summed E-state index contributed by atoms with van der Waals surface area (Å²) in [7, 11) is 0. The third-order valence-electron chi connectivity index (χ3n) is 4.53. The second-order valence-corrected chi connectivity index (χ2v) is 6.56. The number of fused-ring (bicyclic) bond motifs is 2. The number of carbonyl (C=O) groups excluding carboxylic acids is 1. The number of hydrogen-bond acceptors (Lipinski definition) is 3. The number of hydrogen-bond donors (Lipinski definition) is 1. The van der Waals surface area contributed by atoms with Crippen molar-refractivity contribution >= 4 is 17.5 Å². The monoisotopic (exact) mass is 343 g/mol. The van der Waals surface area contributed by atoms with E-state index >= 15 is 0 Å². The molecule has 124 valence electrons. The second kappa shape index (κ2) is 6.36. The lowest BCUT2D eigenvalue weighted by atomic mass is 9.87. The van der Waals surface area contributed by atoms with Crippen LogP contribution >= 0.6 is 11.6 Å². The summed E-state index contributed by atoms with van der Waals surface area (Å²) in [5, 5.41) is 3.76. The Balaban J connectivity index is 1.59. The molecule has 0 aromatic heterocycles. The first kappa shape index (κ1) is 15.3. The first-order valence-corrected chi connectivity index (χ1v) is 8.57. The highest BCUT2D eigenvalue weighted by Crippen LogP contribution is 2.39. The van der Waals surface area contributed by atoms with Crippen LogP contribution in [-0.4, -0.2) is 19.1 Å². The van der Waals surface area contributed by atoms with Crippen LogP contribution in [-0.2, 0) is 6.42 Å². The van der Waals surface area contributed by atoms with Gasteiger partial charge in [-0.25, -0.2) is 0 Å². The van der Waals surface area contributed by atoms with Gasteiger partial charge in [0.2, 0.25) is 0 Å². The number of amides is 1. The molecule has 2 aromatic rings. The quantitative estimate of drug-likeness (QED) is 0.899. The van der Waals surface area contributed by atoms with E-state index in [1.54, 1.807) is 24.3 Å². The zero-order valence-electron chi connectivity index (χ0n) is 13.2. The molecule has 1 atom stereocenters. The van der Waals surface area contributed by atoms with Crippen LogP contribution in [0.2, 0.25) is 5.02 Å². The molecule has 2 aliphatic rings. The van der Waals surface area contributed by atoms with E-state index in [0.29, 0.717) is 23.8 Å². The normalized spacial score (nSPS) is 18.6. The summed E-state index contributed by atoms with van der Waals surface area (Å²) in [6, 6.07) is 11.0. The molecule has 4 nitrogen and oxygen atoms in total. The molecule has 1 aliphatic heterocycles. The minimum atomic E-state index is -0.0839. The van der Waals surface area contributed by atoms with Gasteiger partial charge in [-0.15, -0.1) is 0 Å². The van der Waals surface area contributed by atoms with Gasteiger partial charge in [-0.3, -0.25) is 4.79 Å². The molecular formula is C19H18ClNO3. The fourth-order valence-electron chi connectivity index (χ4n) is 3.33. The van der Waals surface area contributed by atoms with Crippen molar-refractivity contribution in [2.24, 2.45) is 0 Å². The van der Waals surface area contributed by atoms with Gasteiger partial charge in [-0.05, 0) is 66.8 Å². The zero-order chi connectivity index (χ0) is 16.5. The Morgan fingerprint density at radius 3 is 2.54 bits per heavy atom. The Hall–Kier alpha value is -2.20. The molecule has 0 saturated heterocycles. The van der Waals surface area contributed by atoms with Gasteiger partial charge in [-0.1, -0.05) is 11.6 Å². The lowest BCUT2D eigenvalue weighted by molar-refractivity contribution is 0.0932. The maximum absolute atomic E-state index is 12.5. The zero-order valence-corrected chi connectivity index (χ0v) is 13.9. The van der Waals surface area contributed by atoms with Crippen molar-refractivity contribution in [3.8, 4) is 11.5 Å². The fourth-order valence-corrected chi connectivity index (χ4v) is 3.46. The predicted molar refractivity (Wildman–Crippen MR) is 92.0 cm³/mol. The molecule has 1 unspecified atom stereocenters. The molecule has 1 amide bonds. The summed E-state index contributed by atoms with van der Waals surface area (Å²) in [5.74, 6) is 1.50. The molecule has 0 radical (unpaired) electrons. The van der Waals surface area contributed by atoms with Gasteiger partial charge in [0.15, 0.2) is 11.5 Å². The van der Waals surface area contributed by atoms with Crippen molar-refractivity contribution in [3.05, 3.63) is 58.1 Å². The Morgan fingerprint density at radius 1 is 1.08 bits per heavy atom. The molecule has 1 N–H and O–H groups in total. The summed E-state index contributed by atoms with van der Waals surface area (Å²) < 4.78 is 11.3. The number of ether oxygens (including phenoxy) is 2. The average molecular weight is 344 g/mol. The van der Waals surface area contributed by atoms with Crippen molar-refractivity contribution < 1.29 is 14.3 Å². The lowest BCUT2D eigenvalue weighted by Gasteiger charge is -2.29. The predicted octanol–water partition coefficient (Wildman–Crippen LogP) is 3.92. The van der Waals surface area contributed by atoms with Gasteiger partial charge in [-0.2, -0.15) is 0 Å². The standard InChI is InChI=1S/C19H18ClNO3/c20-14-6-4-12(5-7-14)19(22)21-16-3-1-2-13-10-17-18(11-15(13)16)24-9-8-23-17/h4-7,10-11,16H,1-3,8-9H2,(H,21,22). The first-order chi connectivity index (χ1) is 11.7. The molecule has 1 aliphatic carbocycles. The van der Waals surface area contributed by atoms with E-state index < -0.39 is 0 Å². The fraction of sp³-hybridized carbons (Fsp3) is 0.316. The van der Waals surface area contributed by atoms with Crippen molar-refractivity contribution in [2.75, 3.05) is 13.2 Å². The summed E-state index contributed by atoms with van der Waals surface area (Å²) in [6.07, 6.45) is 2.96. The van der Waals surface area contributed by atoms with E-state index in [1.807, 2.05) is 6.07 Å². The Labute approximate surface area is 145 Å². The number of halogens is 1. The summed E-state index contributed by atoms with van der Waals surface area (Å²) in [6.45, 7) is 1.15. The third-order valence-corrected chi connectivity index (χ3v) is 4.78. The van der Waals surface area contributed by atoms with Crippen LogP contribution in [0.15, 0.2) is 36.4 Å². The minimum Gasteiger partial charge on any atom is -0.486 e. The van der Waals surface area contributed by atoms with E-state index in [-0.39, 0.29) is 11.9 Å². The van der Waals surface area contributed by atoms with Crippen molar-refractivity contribution in [3.63, 3.8) is 0 Å². The van der Waals surface area contributed by atoms with Crippen LogP contribution in [0.3, 0.4) is 0 Å². The van der Waals surface area contributed by atoms with E-state index in [0.717, 1.165) is 36.3 Å². The van der Waals surface area contributed by atoms with Crippen molar-refractivity contribution in [1.82, 2.24) is 5.32 Å². The van der Waals surface area contributed by atoms with E-state index in [9.17, 15) is 4.79 Å². The van der Waals surface area contributed by atoms with Crippen LogP contribution in [0.4, 0.5) is 0 Å². The van der Waals surface area contributed by atoms with Gasteiger partial charge in [0.25, 0.3) is 5.91 Å². The molecule has 1 heterocycles. The van der Waals surface area contributed by atoms with Crippen LogP contribution in [0, 0.1) is 0 Å². The van der Waals surface area contributed by atoms with E-state index in [1.165, 1.54) is 5.56 Å². The average Bonchev–Trinajstić information content (AvgIpc) is 2.61. The van der Waals surface area contributed by atoms with Gasteiger partial charge in [0.05, 0.1) is 6.04 Å². The molecule has 4 rings (SSSR count). The number of nitrogens with one attached hydrogen (secondary N) is 1. The number of aryl methyl sites for hydroxylation is 1. The van der Waals surface area contributed by atoms with Crippen LogP contribution in [0.25, 0.3) is 0 Å². The first-order valence-electron chi connectivity index (χ1n) is 8.19. The highest BCUT2D eigenvalue weighted by atomic mass is 35.5. The molecule has 5 heteroatoms. The second-order valence-electron chi connectivity index (χ2n) is 6.12. The molecule has 0 saturated carbocycles. The van der Waals surface area contributed by atoms with Crippen molar-refractivity contribution in [2.45, 2.75) is 25.3 Å². The third kappa shape index (κ3) is 2.94. The Bertz CT molecular complexity index is 773. The number of benzene rings is 2. The van der Waals surface area contributed by atoms with Crippen LogP contribution < -0.4 is 14.8 Å². The summed E-state index contributed by atoms with van der Waals surface area (Å²) >= 11 is 5.89. The van der Waals surface area contributed by atoms with E-state index in [4.69, 9.17) is 21.1 Å². The molecular weight excluding hydrogens is 326 g/mol. The minimum absolute atomic E-state index is 0.00671. The smallest absolute Gasteiger partial charge is 0.251 e. The number of carbonyl (C=O) groups is 1. The number of rotatable bonds is 2. The topological polar surface area (TPSA) is 47.6 Å².